The van der Waals surface area contributed by atoms with Crippen molar-refractivity contribution in [3.8, 4) is 0 Å². The highest BCUT2D eigenvalue weighted by atomic mass is 16.5. The number of carbonyl (C=O) groups excluding carboxylic acids is 1. The number of ether oxygens (including phenoxy) is 1. The van der Waals surface area contributed by atoms with Crippen LogP contribution in [0.5, 0.6) is 0 Å². The molecular weight excluding hydrogens is 248 g/mol. The minimum Gasteiger partial charge on any atom is -0.466 e. The van der Waals surface area contributed by atoms with Crippen LogP contribution in [-0.4, -0.2) is 12.6 Å². The van der Waals surface area contributed by atoms with Gasteiger partial charge >= 0.3 is 5.97 Å². The molecule has 0 saturated carbocycles. The molecule has 1 aliphatic heterocycles. The summed E-state index contributed by atoms with van der Waals surface area (Å²) in [5.41, 5.74) is 0. The monoisotopic (exact) mass is 282 g/mol. The van der Waals surface area contributed by atoms with E-state index < -0.39 is 0 Å². The van der Waals surface area contributed by atoms with Crippen molar-refractivity contribution in [1.29, 1.82) is 0 Å². The molecule has 1 saturated heterocycles. The third kappa shape index (κ3) is 8.60. The molecule has 0 aromatic carbocycles. The van der Waals surface area contributed by atoms with Gasteiger partial charge in [0.15, 0.2) is 0 Å². The SMILES string of the molecule is CC(C)C1CCCCCCCCCCCC(=O)OCC1. The summed E-state index contributed by atoms with van der Waals surface area (Å²) in [7, 11) is 0. The van der Waals surface area contributed by atoms with Crippen molar-refractivity contribution in [3.63, 3.8) is 0 Å². The number of rotatable bonds is 1. The molecule has 0 N–H and O–H groups in total. The Kier molecular flexibility index (Phi) is 9.78. The molecule has 1 aliphatic rings. The number of hydrogen-bond acceptors (Lipinski definition) is 2. The lowest BCUT2D eigenvalue weighted by molar-refractivity contribution is -0.144. The summed E-state index contributed by atoms with van der Waals surface area (Å²) in [5, 5.41) is 0. The molecule has 1 unspecified atom stereocenters. The van der Waals surface area contributed by atoms with E-state index >= 15 is 0 Å². The smallest absolute Gasteiger partial charge is 0.305 e. The number of cyclic esters (lactones) is 1. The van der Waals surface area contributed by atoms with Crippen LogP contribution >= 0.6 is 0 Å². The van der Waals surface area contributed by atoms with Crippen molar-refractivity contribution < 1.29 is 9.53 Å². The Labute approximate surface area is 125 Å². The largest absolute Gasteiger partial charge is 0.466 e. The first kappa shape index (κ1) is 17.5. The maximum absolute atomic E-state index is 11.6. The van der Waals surface area contributed by atoms with Crippen LogP contribution in [-0.2, 0) is 9.53 Å². The Hall–Kier alpha value is -0.530. The molecule has 118 valence electrons. The Morgan fingerprint density at radius 2 is 1.40 bits per heavy atom. The predicted octanol–water partition coefficient (Wildman–Crippen LogP) is 5.50. The first-order valence-corrected chi connectivity index (χ1v) is 8.86. The topological polar surface area (TPSA) is 26.3 Å². The van der Waals surface area contributed by atoms with Gasteiger partial charge in [-0.15, -0.1) is 0 Å². The van der Waals surface area contributed by atoms with Crippen LogP contribution in [0.4, 0.5) is 0 Å². The predicted molar refractivity (Wildman–Crippen MR) is 84.7 cm³/mol. The molecule has 0 aromatic rings. The van der Waals surface area contributed by atoms with E-state index in [1.165, 1.54) is 57.8 Å². The molecule has 2 nitrogen and oxygen atoms in total. The van der Waals surface area contributed by atoms with Crippen LogP contribution in [0.15, 0.2) is 0 Å². The molecule has 1 atom stereocenters. The van der Waals surface area contributed by atoms with Gasteiger partial charge < -0.3 is 4.74 Å². The van der Waals surface area contributed by atoms with Gasteiger partial charge in [0, 0.05) is 6.42 Å². The third-order valence-corrected chi connectivity index (χ3v) is 4.65. The normalized spacial score (nSPS) is 25.4. The minimum atomic E-state index is 0.0135. The average molecular weight is 282 g/mol. The second kappa shape index (κ2) is 11.2. The highest BCUT2D eigenvalue weighted by Crippen LogP contribution is 2.23. The van der Waals surface area contributed by atoms with E-state index in [2.05, 4.69) is 13.8 Å². The van der Waals surface area contributed by atoms with E-state index in [1.54, 1.807) is 0 Å². The number of esters is 1. The zero-order valence-electron chi connectivity index (χ0n) is 13.7. The second-order valence-electron chi connectivity index (χ2n) is 6.73. The summed E-state index contributed by atoms with van der Waals surface area (Å²) < 4.78 is 5.38. The zero-order valence-corrected chi connectivity index (χ0v) is 13.7. The van der Waals surface area contributed by atoms with Crippen molar-refractivity contribution in [2.45, 2.75) is 90.9 Å². The first-order chi connectivity index (χ1) is 9.70. The standard InChI is InChI=1S/C18H34O2/c1-16(2)17-12-10-8-6-4-3-5-7-9-11-13-18(19)20-15-14-17/h16-17H,3-15H2,1-2H3. The van der Waals surface area contributed by atoms with Gasteiger partial charge in [-0.2, -0.15) is 0 Å². The molecule has 20 heavy (non-hydrogen) atoms. The highest BCUT2D eigenvalue weighted by molar-refractivity contribution is 5.69. The third-order valence-electron chi connectivity index (χ3n) is 4.65. The summed E-state index contributed by atoms with van der Waals surface area (Å²) in [6.07, 6.45) is 14.7. The fraction of sp³-hybridized carbons (Fsp3) is 0.944. The van der Waals surface area contributed by atoms with E-state index in [9.17, 15) is 4.79 Å². The fourth-order valence-corrected chi connectivity index (χ4v) is 3.12. The number of hydrogen-bond donors (Lipinski definition) is 0. The summed E-state index contributed by atoms with van der Waals surface area (Å²) in [6.45, 7) is 5.22. The summed E-state index contributed by atoms with van der Waals surface area (Å²) >= 11 is 0. The van der Waals surface area contributed by atoms with Crippen LogP contribution < -0.4 is 0 Å². The summed E-state index contributed by atoms with van der Waals surface area (Å²) in [5.74, 6) is 1.43. The van der Waals surface area contributed by atoms with Crippen molar-refractivity contribution in [2.75, 3.05) is 6.61 Å². The zero-order chi connectivity index (χ0) is 14.6. The molecule has 2 heteroatoms. The van der Waals surface area contributed by atoms with Gasteiger partial charge in [0.25, 0.3) is 0 Å². The van der Waals surface area contributed by atoms with E-state index in [4.69, 9.17) is 4.74 Å². The van der Waals surface area contributed by atoms with Gasteiger partial charge in [-0.05, 0) is 24.7 Å². The molecule has 0 bridgehead atoms. The Bertz CT molecular complexity index is 248. The molecule has 1 rings (SSSR count). The van der Waals surface area contributed by atoms with Crippen LogP contribution in [0, 0.1) is 11.8 Å². The van der Waals surface area contributed by atoms with E-state index in [-0.39, 0.29) is 5.97 Å². The first-order valence-electron chi connectivity index (χ1n) is 8.86. The molecule has 1 fully saturated rings. The average Bonchev–Trinajstić information content (AvgIpc) is 2.41. The Morgan fingerprint density at radius 1 is 0.850 bits per heavy atom. The highest BCUT2D eigenvalue weighted by Gasteiger charge is 2.14. The molecule has 0 aliphatic carbocycles. The number of carbonyl (C=O) groups is 1. The van der Waals surface area contributed by atoms with Gasteiger partial charge in [-0.1, -0.05) is 71.6 Å². The van der Waals surface area contributed by atoms with E-state index in [0.717, 1.165) is 18.8 Å². The Balaban J connectivity index is 2.33. The molecule has 0 radical (unpaired) electrons. The van der Waals surface area contributed by atoms with Crippen molar-refractivity contribution >= 4 is 5.97 Å². The fourth-order valence-electron chi connectivity index (χ4n) is 3.12. The van der Waals surface area contributed by atoms with Crippen LogP contribution in [0.2, 0.25) is 0 Å². The van der Waals surface area contributed by atoms with E-state index in [1.807, 2.05) is 0 Å². The summed E-state index contributed by atoms with van der Waals surface area (Å²) in [4.78, 5) is 11.6. The maximum atomic E-state index is 11.6. The molecule has 0 spiro atoms. The van der Waals surface area contributed by atoms with E-state index in [0.29, 0.717) is 18.9 Å². The minimum absolute atomic E-state index is 0.0135. The van der Waals surface area contributed by atoms with Crippen LogP contribution in [0.1, 0.15) is 90.9 Å². The van der Waals surface area contributed by atoms with Gasteiger partial charge in [0.2, 0.25) is 0 Å². The lowest BCUT2D eigenvalue weighted by Gasteiger charge is -2.20. The second-order valence-corrected chi connectivity index (χ2v) is 6.73. The van der Waals surface area contributed by atoms with Crippen molar-refractivity contribution in [1.82, 2.24) is 0 Å². The lowest BCUT2D eigenvalue weighted by atomic mass is 9.87. The van der Waals surface area contributed by atoms with Gasteiger partial charge in [0.05, 0.1) is 6.61 Å². The van der Waals surface area contributed by atoms with Crippen LogP contribution in [0.3, 0.4) is 0 Å². The van der Waals surface area contributed by atoms with Crippen LogP contribution in [0.25, 0.3) is 0 Å². The quantitative estimate of drug-likeness (QED) is 0.594. The summed E-state index contributed by atoms with van der Waals surface area (Å²) in [6, 6.07) is 0. The van der Waals surface area contributed by atoms with Gasteiger partial charge in [-0.25, -0.2) is 0 Å². The molecule has 0 amide bonds. The van der Waals surface area contributed by atoms with Gasteiger partial charge in [0.1, 0.15) is 0 Å². The molecular formula is C18H34O2. The van der Waals surface area contributed by atoms with Crippen molar-refractivity contribution in [2.24, 2.45) is 11.8 Å². The Morgan fingerprint density at radius 3 is 2.00 bits per heavy atom. The van der Waals surface area contributed by atoms with Gasteiger partial charge in [-0.3, -0.25) is 4.79 Å². The molecule has 0 aromatic heterocycles. The molecule has 1 heterocycles. The maximum Gasteiger partial charge on any atom is 0.305 e. The van der Waals surface area contributed by atoms with Crippen molar-refractivity contribution in [3.05, 3.63) is 0 Å². The lowest BCUT2D eigenvalue weighted by Crippen LogP contribution is -2.14.